The molecule has 14 heavy (non-hydrogen) atoms. The van der Waals surface area contributed by atoms with Gasteiger partial charge < -0.3 is 4.98 Å². The molecule has 0 aliphatic carbocycles. The maximum Gasteiger partial charge on any atom is 0.192 e. The molecule has 3 heteroatoms. The predicted molar refractivity (Wildman–Crippen MR) is 53.9 cm³/mol. The number of fused-ring (bicyclic) bond motifs is 1. The van der Waals surface area contributed by atoms with E-state index in [9.17, 15) is 9.18 Å². The molecule has 72 valence electrons. The Labute approximate surface area is 80.4 Å². The molecule has 0 spiro atoms. The van der Waals surface area contributed by atoms with Gasteiger partial charge >= 0.3 is 0 Å². The van der Waals surface area contributed by atoms with Gasteiger partial charge in [-0.1, -0.05) is 6.92 Å². The van der Waals surface area contributed by atoms with Gasteiger partial charge in [0, 0.05) is 17.1 Å². The summed E-state index contributed by atoms with van der Waals surface area (Å²) in [5, 5.41) is 0.547. The van der Waals surface area contributed by atoms with E-state index >= 15 is 0 Å². The molecular weight excluding hydrogens is 181 g/mol. The Bertz CT molecular complexity index is 530. The van der Waals surface area contributed by atoms with E-state index in [1.807, 2.05) is 6.92 Å². The molecule has 0 amide bonds. The van der Waals surface area contributed by atoms with Crippen LogP contribution in [-0.2, 0) is 6.42 Å². The summed E-state index contributed by atoms with van der Waals surface area (Å²) in [5.74, 6) is -0.336. The third-order valence-electron chi connectivity index (χ3n) is 2.30. The van der Waals surface area contributed by atoms with E-state index in [-0.39, 0.29) is 11.2 Å². The van der Waals surface area contributed by atoms with Crippen LogP contribution in [0, 0.1) is 5.82 Å². The second-order valence-corrected chi connectivity index (χ2v) is 3.19. The fourth-order valence-corrected chi connectivity index (χ4v) is 1.50. The van der Waals surface area contributed by atoms with E-state index in [1.165, 1.54) is 18.2 Å². The normalized spacial score (nSPS) is 10.7. The number of aryl methyl sites for hydroxylation is 1. The van der Waals surface area contributed by atoms with Crippen LogP contribution < -0.4 is 5.43 Å². The van der Waals surface area contributed by atoms with Crippen molar-refractivity contribution in [3.05, 3.63) is 46.0 Å². The molecule has 1 N–H and O–H groups in total. The van der Waals surface area contributed by atoms with E-state index in [0.717, 1.165) is 5.56 Å². The van der Waals surface area contributed by atoms with Crippen molar-refractivity contribution >= 4 is 10.9 Å². The van der Waals surface area contributed by atoms with E-state index in [2.05, 4.69) is 4.98 Å². The maximum atomic E-state index is 12.8. The lowest BCUT2D eigenvalue weighted by molar-refractivity contribution is 0.629. The standard InChI is InChI=1S/C11H10FNO/c1-2-7-6-13-10-5-8(12)3-4-9(10)11(7)14/h3-6H,2H2,1H3,(H,13,14). The summed E-state index contributed by atoms with van der Waals surface area (Å²) in [7, 11) is 0. The summed E-state index contributed by atoms with van der Waals surface area (Å²) >= 11 is 0. The van der Waals surface area contributed by atoms with Gasteiger partial charge in [0.05, 0.1) is 5.52 Å². The number of aromatic nitrogens is 1. The number of halogens is 1. The Kier molecular flexibility index (Phi) is 2.08. The van der Waals surface area contributed by atoms with Crippen LogP contribution in [0.15, 0.2) is 29.2 Å². The summed E-state index contributed by atoms with van der Waals surface area (Å²) in [5.41, 5.74) is 1.26. The largest absolute Gasteiger partial charge is 0.361 e. The molecule has 1 aromatic heterocycles. The first-order valence-electron chi connectivity index (χ1n) is 4.52. The van der Waals surface area contributed by atoms with Crippen molar-refractivity contribution in [3.63, 3.8) is 0 Å². The van der Waals surface area contributed by atoms with Crippen LogP contribution in [0.2, 0.25) is 0 Å². The summed E-state index contributed by atoms with van der Waals surface area (Å²) in [6, 6.07) is 4.15. The Morgan fingerprint density at radius 2 is 2.21 bits per heavy atom. The summed E-state index contributed by atoms with van der Waals surface area (Å²) in [6.45, 7) is 1.92. The molecule has 1 aromatic carbocycles. The van der Waals surface area contributed by atoms with Crippen molar-refractivity contribution in [1.29, 1.82) is 0 Å². The first-order valence-corrected chi connectivity index (χ1v) is 4.52. The Hall–Kier alpha value is -1.64. The first-order chi connectivity index (χ1) is 6.72. The number of rotatable bonds is 1. The van der Waals surface area contributed by atoms with E-state index < -0.39 is 0 Å². The minimum atomic E-state index is -0.336. The number of nitrogens with one attached hydrogen (secondary N) is 1. The molecule has 2 aromatic rings. The van der Waals surface area contributed by atoms with Crippen molar-refractivity contribution in [1.82, 2.24) is 4.98 Å². The molecule has 2 nitrogen and oxygen atoms in total. The summed E-state index contributed by atoms with van der Waals surface area (Å²) < 4.78 is 12.8. The molecule has 2 rings (SSSR count). The highest BCUT2D eigenvalue weighted by atomic mass is 19.1. The lowest BCUT2D eigenvalue weighted by Gasteiger charge is -2.00. The van der Waals surface area contributed by atoms with Gasteiger partial charge in [-0.25, -0.2) is 4.39 Å². The van der Waals surface area contributed by atoms with Crippen LogP contribution in [0.3, 0.4) is 0 Å². The topological polar surface area (TPSA) is 32.9 Å². The van der Waals surface area contributed by atoms with Crippen LogP contribution in [0.5, 0.6) is 0 Å². The monoisotopic (exact) mass is 191 g/mol. The number of hydrogen-bond donors (Lipinski definition) is 1. The van der Waals surface area contributed by atoms with E-state index in [1.54, 1.807) is 6.20 Å². The van der Waals surface area contributed by atoms with Gasteiger partial charge in [-0.2, -0.15) is 0 Å². The second kappa shape index (κ2) is 3.25. The Morgan fingerprint density at radius 3 is 2.93 bits per heavy atom. The van der Waals surface area contributed by atoms with Crippen molar-refractivity contribution in [2.45, 2.75) is 13.3 Å². The van der Waals surface area contributed by atoms with Gasteiger partial charge in [0.2, 0.25) is 0 Å². The molecular formula is C11H10FNO. The number of benzene rings is 1. The third kappa shape index (κ3) is 1.31. The van der Waals surface area contributed by atoms with Gasteiger partial charge in [0.25, 0.3) is 0 Å². The summed E-state index contributed by atoms with van der Waals surface area (Å²) in [6.07, 6.45) is 2.33. The van der Waals surface area contributed by atoms with Crippen LogP contribution in [0.25, 0.3) is 10.9 Å². The zero-order chi connectivity index (χ0) is 10.1. The summed E-state index contributed by atoms with van der Waals surface area (Å²) in [4.78, 5) is 14.6. The van der Waals surface area contributed by atoms with Crippen molar-refractivity contribution in [2.75, 3.05) is 0 Å². The fourth-order valence-electron chi connectivity index (χ4n) is 1.50. The highest BCUT2D eigenvalue weighted by molar-refractivity contribution is 5.78. The average molecular weight is 191 g/mol. The molecule has 0 unspecified atom stereocenters. The third-order valence-corrected chi connectivity index (χ3v) is 2.30. The maximum absolute atomic E-state index is 12.8. The lowest BCUT2D eigenvalue weighted by atomic mass is 10.1. The predicted octanol–water partition coefficient (Wildman–Crippen LogP) is 2.23. The van der Waals surface area contributed by atoms with E-state index in [0.29, 0.717) is 17.3 Å². The number of aromatic amines is 1. The SMILES string of the molecule is CCc1c[nH]c2cc(F)ccc2c1=O. The number of hydrogen-bond acceptors (Lipinski definition) is 1. The van der Waals surface area contributed by atoms with Gasteiger partial charge in [-0.3, -0.25) is 4.79 Å². The van der Waals surface area contributed by atoms with Crippen molar-refractivity contribution < 1.29 is 4.39 Å². The zero-order valence-corrected chi connectivity index (χ0v) is 7.80. The molecule has 0 fully saturated rings. The highest BCUT2D eigenvalue weighted by Crippen LogP contribution is 2.09. The zero-order valence-electron chi connectivity index (χ0n) is 7.80. The smallest absolute Gasteiger partial charge is 0.192 e. The minimum Gasteiger partial charge on any atom is -0.361 e. The molecule has 0 atom stereocenters. The van der Waals surface area contributed by atoms with Crippen LogP contribution in [0.1, 0.15) is 12.5 Å². The van der Waals surface area contributed by atoms with Gasteiger partial charge in [0.15, 0.2) is 5.43 Å². The van der Waals surface area contributed by atoms with Gasteiger partial charge in [-0.05, 0) is 24.6 Å². The number of pyridine rings is 1. The molecule has 1 heterocycles. The molecule has 0 saturated carbocycles. The molecule has 0 aliphatic heterocycles. The van der Waals surface area contributed by atoms with Crippen LogP contribution >= 0.6 is 0 Å². The number of H-pyrrole nitrogens is 1. The van der Waals surface area contributed by atoms with Gasteiger partial charge in [0.1, 0.15) is 5.82 Å². The quantitative estimate of drug-likeness (QED) is 0.736. The van der Waals surface area contributed by atoms with Crippen molar-refractivity contribution in [3.8, 4) is 0 Å². The minimum absolute atomic E-state index is 0.0127. The molecule has 0 saturated heterocycles. The fraction of sp³-hybridized carbons (Fsp3) is 0.182. The second-order valence-electron chi connectivity index (χ2n) is 3.19. The molecule has 0 aliphatic rings. The first kappa shape index (κ1) is 8.94. The average Bonchev–Trinajstić information content (AvgIpc) is 2.18. The molecule has 0 radical (unpaired) electrons. The highest BCUT2D eigenvalue weighted by Gasteiger charge is 2.03. The van der Waals surface area contributed by atoms with Gasteiger partial charge in [-0.15, -0.1) is 0 Å². The Morgan fingerprint density at radius 1 is 1.43 bits per heavy atom. The molecule has 0 bridgehead atoms. The van der Waals surface area contributed by atoms with Crippen LogP contribution in [-0.4, -0.2) is 4.98 Å². The van der Waals surface area contributed by atoms with Crippen LogP contribution in [0.4, 0.5) is 4.39 Å². The van der Waals surface area contributed by atoms with Crippen molar-refractivity contribution in [2.24, 2.45) is 0 Å². The Balaban J connectivity index is 2.84. The lowest BCUT2D eigenvalue weighted by Crippen LogP contribution is -2.08. The van der Waals surface area contributed by atoms with E-state index in [4.69, 9.17) is 0 Å².